The van der Waals surface area contributed by atoms with Gasteiger partial charge in [0.05, 0.1) is 0 Å². The second-order valence-corrected chi connectivity index (χ2v) is 9.19. The Balaban J connectivity index is 1.86. The molecule has 1 atom stereocenters. The van der Waals surface area contributed by atoms with Crippen LogP contribution in [0.5, 0.6) is 0 Å². The average Bonchev–Trinajstić information content (AvgIpc) is 3.29. The van der Waals surface area contributed by atoms with E-state index < -0.39 is 15.2 Å². The molecule has 116 valence electrons. The minimum Gasteiger partial charge on any atom is -0.353 e. The van der Waals surface area contributed by atoms with Crippen LogP contribution >= 0.6 is 11.8 Å². The molecule has 2 fully saturated rings. The van der Waals surface area contributed by atoms with Crippen LogP contribution in [0.15, 0.2) is 24.3 Å². The first-order chi connectivity index (χ1) is 10.1. The standard InChI is InChI=1S/C15H22N2O2S2/c1-21(18,19)15-11-20-9-8-17(15)14-5-3-2-4-12(14)10-16-13-6-7-13/h2-5,13,15-16H,6-11H2,1H3. The molecule has 1 aliphatic carbocycles. The van der Waals surface area contributed by atoms with E-state index in [-0.39, 0.29) is 0 Å². The van der Waals surface area contributed by atoms with Crippen molar-refractivity contribution in [2.45, 2.75) is 30.8 Å². The Hall–Kier alpha value is -0.720. The van der Waals surface area contributed by atoms with Crippen molar-refractivity contribution < 1.29 is 8.42 Å². The number of rotatable bonds is 5. The quantitative estimate of drug-likeness (QED) is 0.895. The lowest BCUT2D eigenvalue weighted by atomic mass is 10.1. The summed E-state index contributed by atoms with van der Waals surface area (Å²) in [7, 11) is -3.07. The van der Waals surface area contributed by atoms with Gasteiger partial charge in [0.25, 0.3) is 0 Å². The normalized spacial score (nSPS) is 23.3. The van der Waals surface area contributed by atoms with Gasteiger partial charge in [0, 0.05) is 42.6 Å². The summed E-state index contributed by atoms with van der Waals surface area (Å²) < 4.78 is 24.2. The zero-order valence-electron chi connectivity index (χ0n) is 12.3. The van der Waals surface area contributed by atoms with Crippen molar-refractivity contribution in [3.05, 3.63) is 29.8 Å². The highest BCUT2D eigenvalue weighted by Crippen LogP contribution is 2.30. The minimum atomic E-state index is -3.07. The smallest absolute Gasteiger partial charge is 0.169 e. The van der Waals surface area contributed by atoms with E-state index in [4.69, 9.17) is 0 Å². The van der Waals surface area contributed by atoms with Crippen LogP contribution in [0.3, 0.4) is 0 Å². The summed E-state index contributed by atoms with van der Waals surface area (Å²) in [4.78, 5) is 2.08. The fourth-order valence-electron chi connectivity index (χ4n) is 2.69. The maximum atomic E-state index is 12.1. The van der Waals surface area contributed by atoms with Gasteiger partial charge >= 0.3 is 0 Å². The molecule has 2 aliphatic rings. The maximum absolute atomic E-state index is 12.1. The molecule has 6 heteroatoms. The Morgan fingerprint density at radius 3 is 2.81 bits per heavy atom. The van der Waals surface area contributed by atoms with Crippen LogP contribution in [0, 0.1) is 0 Å². The molecule has 1 N–H and O–H groups in total. The highest BCUT2D eigenvalue weighted by Gasteiger charge is 2.32. The molecule has 21 heavy (non-hydrogen) atoms. The molecule has 1 saturated heterocycles. The predicted octanol–water partition coefficient (Wildman–Crippen LogP) is 1.86. The lowest BCUT2D eigenvalue weighted by molar-refractivity contribution is 0.584. The molecular formula is C15H22N2O2S2. The third kappa shape index (κ3) is 3.73. The second-order valence-electron chi connectivity index (χ2n) is 5.84. The van der Waals surface area contributed by atoms with Crippen LogP contribution in [0.2, 0.25) is 0 Å². The topological polar surface area (TPSA) is 49.4 Å². The molecule has 0 radical (unpaired) electrons. The summed E-state index contributed by atoms with van der Waals surface area (Å²) in [5.41, 5.74) is 2.27. The van der Waals surface area contributed by atoms with E-state index in [9.17, 15) is 8.42 Å². The number of nitrogens with one attached hydrogen (secondary N) is 1. The molecule has 0 bridgehead atoms. The third-order valence-corrected chi connectivity index (χ3v) is 6.68. The van der Waals surface area contributed by atoms with Crippen molar-refractivity contribution in [2.24, 2.45) is 0 Å². The molecule has 0 aromatic heterocycles. The van der Waals surface area contributed by atoms with Gasteiger partial charge < -0.3 is 10.2 Å². The number of benzene rings is 1. The average molecular weight is 326 g/mol. The van der Waals surface area contributed by atoms with Crippen LogP contribution < -0.4 is 10.2 Å². The first-order valence-electron chi connectivity index (χ1n) is 7.40. The highest BCUT2D eigenvalue weighted by molar-refractivity contribution is 8.01. The van der Waals surface area contributed by atoms with Crippen LogP contribution in [0.25, 0.3) is 0 Å². The fourth-order valence-corrected chi connectivity index (χ4v) is 5.53. The van der Waals surface area contributed by atoms with E-state index in [1.165, 1.54) is 24.7 Å². The molecule has 1 heterocycles. The van der Waals surface area contributed by atoms with Crippen molar-refractivity contribution in [3.8, 4) is 0 Å². The van der Waals surface area contributed by atoms with Crippen LogP contribution in [-0.4, -0.2) is 44.1 Å². The lowest BCUT2D eigenvalue weighted by Crippen LogP contribution is -2.47. The molecule has 4 nitrogen and oxygen atoms in total. The Morgan fingerprint density at radius 1 is 1.33 bits per heavy atom. The van der Waals surface area contributed by atoms with E-state index in [1.54, 1.807) is 11.8 Å². The predicted molar refractivity (Wildman–Crippen MR) is 89.6 cm³/mol. The first kappa shape index (κ1) is 15.2. The van der Waals surface area contributed by atoms with E-state index in [0.29, 0.717) is 11.8 Å². The summed E-state index contributed by atoms with van der Waals surface area (Å²) in [5, 5.41) is 3.12. The zero-order chi connectivity index (χ0) is 14.9. The number of hydrogen-bond donors (Lipinski definition) is 1. The Morgan fingerprint density at radius 2 is 2.10 bits per heavy atom. The van der Waals surface area contributed by atoms with E-state index in [2.05, 4.69) is 22.3 Å². The molecule has 0 amide bonds. The minimum absolute atomic E-state index is 0.404. The van der Waals surface area contributed by atoms with Gasteiger partial charge in [0.2, 0.25) is 0 Å². The maximum Gasteiger partial charge on any atom is 0.169 e. The summed E-state index contributed by atoms with van der Waals surface area (Å²) >= 11 is 1.73. The Kier molecular flexibility index (Phi) is 4.47. The number of thioether (sulfide) groups is 1. The third-order valence-electron chi connectivity index (χ3n) is 4.04. The van der Waals surface area contributed by atoms with Gasteiger partial charge in [-0.05, 0) is 24.5 Å². The Labute approximate surface area is 131 Å². The van der Waals surface area contributed by atoms with Crippen LogP contribution in [0.1, 0.15) is 18.4 Å². The summed E-state index contributed by atoms with van der Waals surface area (Å²) in [5.74, 6) is 1.64. The van der Waals surface area contributed by atoms with Gasteiger partial charge in [0.1, 0.15) is 5.37 Å². The van der Waals surface area contributed by atoms with Gasteiger partial charge in [-0.1, -0.05) is 18.2 Å². The number of nitrogens with zero attached hydrogens (tertiary/aromatic N) is 1. The second kappa shape index (κ2) is 6.18. The van der Waals surface area contributed by atoms with Gasteiger partial charge in [-0.2, -0.15) is 11.8 Å². The van der Waals surface area contributed by atoms with E-state index in [0.717, 1.165) is 24.5 Å². The van der Waals surface area contributed by atoms with Crippen LogP contribution in [0.4, 0.5) is 5.69 Å². The summed E-state index contributed by atoms with van der Waals surface area (Å²) in [6, 6.07) is 8.84. The largest absolute Gasteiger partial charge is 0.353 e. The SMILES string of the molecule is CS(=O)(=O)C1CSCCN1c1ccccc1CNC1CC1. The number of anilines is 1. The van der Waals surface area contributed by atoms with Crippen molar-refractivity contribution in [3.63, 3.8) is 0 Å². The lowest BCUT2D eigenvalue weighted by Gasteiger charge is -2.37. The molecule has 3 rings (SSSR count). The summed E-state index contributed by atoms with van der Waals surface area (Å²) in [6.45, 7) is 1.61. The molecule has 1 aromatic rings. The van der Waals surface area contributed by atoms with Gasteiger partial charge in [-0.25, -0.2) is 8.42 Å². The van der Waals surface area contributed by atoms with E-state index >= 15 is 0 Å². The monoisotopic (exact) mass is 326 g/mol. The molecule has 1 aromatic carbocycles. The van der Waals surface area contributed by atoms with Crippen molar-refractivity contribution >= 4 is 27.3 Å². The number of sulfone groups is 1. The van der Waals surface area contributed by atoms with Crippen LogP contribution in [-0.2, 0) is 16.4 Å². The molecular weight excluding hydrogens is 304 g/mol. The van der Waals surface area contributed by atoms with E-state index in [1.807, 2.05) is 12.1 Å². The highest BCUT2D eigenvalue weighted by atomic mass is 32.2. The molecule has 1 saturated carbocycles. The zero-order valence-corrected chi connectivity index (χ0v) is 13.9. The van der Waals surface area contributed by atoms with Crippen molar-refractivity contribution in [1.82, 2.24) is 5.32 Å². The van der Waals surface area contributed by atoms with Gasteiger partial charge in [-0.3, -0.25) is 0 Å². The molecule has 0 spiro atoms. The fraction of sp³-hybridized carbons (Fsp3) is 0.600. The number of para-hydroxylation sites is 1. The van der Waals surface area contributed by atoms with Crippen molar-refractivity contribution in [1.29, 1.82) is 0 Å². The number of hydrogen-bond acceptors (Lipinski definition) is 5. The molecule has 1 unspecified atom stereocenters. The van der Waals surface area contributed by atoms with Crippen molar-refractivity contribution in [2.75, 3.05) is 29.2 Å². The summed E-state index contributed by atoms with van der Waals surface area (Å²) in [6.07, 6.45) is 3.87. The Bertz CT molecular complexity index is 599. The van der Waals surface area contributed by atoms with Gasteiger partial charge in [0.15, 0.2) is 9.84 Å². The molecule has 1 aliphatic heterocycles. The van der Waals surface area contributed by atoms with Gasteiger partial charge in [-0.15, -0.1) is 0 Å². The first-order valence-corrected chi connectivity index (χ1v) is 10.5.